The molecule has 0 saturated carbocycles. The van der Waals surface area contributed by atoms with Gasteiger partial charge in [0, 0.05) is 12.5 Å². The lowest BCUT2D eigenvalue weighted by atomic mass is 9.85. The smallest absolute Gasteiger partial charge is 0.407 e. The maximum absolute atomic E-state index is 13.1. The molecule has 2 atom stereocenters. The van der Waals surface area contributed by atoms with Gasteiger partial charge in [-0.05, 0) is 64.0 Å². The molecule has 0 bridgehead atoms. The molecule has 6 heteroatoms. The lowest BCUT2D eigenvalue weighted by Gasteiger charge is -2.21. The van der Waals surface area contributed by atoms with Crippen molar-refractivity contribution < 1.29 is 23.9 Å². The predicted octanol–water partition coefficient (Wildman–Crippen LogP) is 5.04. The molecule has 0 aromatic heterocycles. The van der Waals surface area contributed by atoms with E-state index in [1.54, 1.807) is 27.7 Å². The van der Waals surface area contributed by atoms with Crippen molar-refractivity contribution in [1.82, 2.24) is 5.32 Å². The van der Waals surface area contributed by atoms with Gasteiger partial charge >= 0.3 is 12.1 Å². The summed E-state index contributed by atoms with van der Waals surface area (Å²) in [5.41, 5.74) is 1.54. The molecule has 174 valence electrons. The number of hydrogen-bond acceptors (Lipinski definition) is 5. The number of alkyl carbamates (subject to hydrolysis) is 1. The van der Waals surface area contributed by atoms with Gasteiger partial charge in [0.2, 0.25) is 0 Å². The molecule has 0 heterocycles. The summed E-state index contributed by atoms with van der Waals surface area (Å²) in [5, 5.41) is 2.66. The van der Waals surface area contributed by atoms with Crippen LogP contribution in [0.1, 0.15) is 78.4 Å². The van der Waals surface area contributed by atoms with Crippen LogP contribution in [0.2, 0.25) is 0 Å². The first-order chi connectivity index (χ1) is 14.4. The molecule has 1 amide bonds. The summed E-state index contributed by atoms with van der Waals surface area (Å²) in [6.07, 6.45) is 1.25. The minimum absolute atomic E-state index is 0.160. The Labute approximate surface area is 187 Å². The summed E-state index contributed by atoms with van der Waals surface area (Å²) in [6.45, 7) is 13.8. The largest absolute Gasteiger partial charge is 0.465 e. The quantitative estimate of drug-likeness (QED) is 0.300. The number of Topliss-reactive ketones (excluding diaryl/α,β-unsaturated/α-hetero) is 1. The Kier molecular flexibility index (Phi) is 10.7. The van der Waals surface area contributed by atoms with Crippen molar-refractivity contribution in [2.75, 3.05) is 13.2 Å². The van der Waals surface area contributed by atoms with Crippen molar-refractivity contribution in [3.8, 4) is 0 Å². The second-order valence-electron chi connectivity index (χ2n) is 9.34. The molecule has 0 unspecified atom stereocenters. The summed E-state index contributed by atoms with van der Waals surface area (Å²) in [6, 6.07) is 8.02. The van der Waals surface area contributed by atoms with E-state index in [0.717, 1.165) is 12.0 Å². The Hall–Kier alpha value is -2.37. The first-order valence-electron chi connectivity index (χ1n) is 11.2. The van der Waals surface area contributed by atoms with Crippen LogP contribution in [0.15, 0.2) is 24.3 Å². The standard InChI is InChI=1S/C25H39NO5/c1-8-30-23(28)21(10-9-15-26-24(29)31-25(5,6)7)22(27)18(4)20-13-11-19(12-14-20)16-17(2)3/h11-14,17-18,21H,8-10,15-16H2,1-7H3,(H,26,29)/t18-,21-/m1/s1. The zero-order valence-corrected chi connectivity index (χ0v) is 20.1. The maximum atomic E-state index is 13.1. The Bertz CT molecular complexity index is 718. The summed E-state index contributed by atoms with van der Waals surface area (Å²) >= 11 is 0. The van der Waals surface area contributed by atoms with Crippen LogP contribution < -0.4 is 5.32 Å². The number of amides is 1. The van der Waals surface area contributed by atoms with E-state index in [0.29, 0.717) is 25.3 Å². The Balaban J connectivity index is 2.75. The van der Waals surface area contributed by atoms with Crippen molar-refractivity contribution in [3.63, 3.8) is 0 Å². The van der Waals surface area contributed by atoms with E-state index in [4.69, 9.17) is 9.47 Å². The van der Waals surface area contributed by atoms with E-state index in [2.05, 4.69) is 19.2 Å². The molecule has 0 radical (unpaired) electrons. The van der Waals surface area contributed by atoms with Crippen LogP contribution in [0.5, 0.6) is 0 Å². The van der Waals surface area contributed by atoms with Gasteiger partial charge in [0.25, 0.3) is 0 Å². The second kappa shape index (κ2) is 12.5. The Morgan fingerprint density at radius 2 is 1.65 bits per heavy atom. The lowest BCUT2D eigenvalue weighted by Crippen LogP contribution is -2.34. The summed E-state index contributed by atoms with van der Waals surface area (Å²) in [4.78, 5) is 37.4. The van der Waals surface area contributed by atoms with E-state index in [1.165, 1.54) is 5.56 Å². The summed E-state index contributed by atoms with van der Waals surface area (Å²) in [5.74, 6) is -1.38. The number of rotatable bonds is 11. The Morgan fingerprint density at radius 1 is 1.03 bits per heavy atom. The SMILES string of the molecule is CCOC(=O)[C@H](CCCNC(=O)OC(C)(C)C)C(=O)[C@H](C)c1ccc(CC(C)C)cc1. The molecule has 1 rings (SSSR count). The average molecular weight is 434 g/mol. The van der Waals surface area contributed by atoms with Crippen molar-refractivity contribution in [3.05, 3.63) is 35.4 Å². The molecule has 1 N–H and O–H groups in total. The molecule has 0 saturated heterocycles. The summed E-state index contributed by atoms with van der Waals surface area (Å²) < 4.78 is 10.3. The maximum Gasteiger partial charge on any atom is 0.407 e. The molecular weight excluding hydrogens is 394 g/mol. The first kappa shape index (κ1) is 26.7. The minimum atomic E-state index is -0.856. The highest BCUT2D eigenvalue weighted by atomic mass is 16.6. The van der Waals surface area contributed by atoms with Crippen LogP contribution in [-0.2, 0) is 25.5 Å². The fourth-order valence-corrected chi connectivity index (χ4v) is 3.31. The van der Waals surface area contributed by atoms with E-state index in [9.17, 15) is 14.4 Å². The van der Waals surface area contributed by atoms with Gasteiger partial charge in [0.1, 0.15) is 11.5 Å². The molecule has 1 aromatic carbocycles. The molecule has 31 heavy (non-hydrogen) atoms. The third kappa shape index (κ3) is 9.99. The van der Waals surface area contributed by atoms with Crippen molar-refractivity contribution in [2.45, 2.75) is 79.2 Å². The number of nitrogens with one attached hydrogen (secondary N) is 1. The fourth-order valence-electron chi connectivity index (χ4n) is 3.31. The topological polar surface area (TPSA) is 81.7 Å². The van der Waals surface area contributed by atoms with Crippen LogP contribution in [0.3, 0.4) is 0 Å². The van der Waals surface area contributed by atoms with E-state index >= 15 is 0 Å². The zero-order valence-electron chi connectivity index (χ0n) is 20.1. The first-order valence-corrected chi connectivity index (χ1v) is 11.2. The molecular formula is C25H39NO5. The van der Waals surface area contributed by atoms with Crippen LogP contribution in [0, 0.1) is 11.8 Å². The van der Waals surface area contributed by atoms with Crippen LogP contribution in [0.4, 0.5) is 4.79 Å². The zero-order chi connectivity index (χ0) is 23.6. The molecule has 0 aliphatic rings. The van der Waals surface area contributed by atoms with Gasteiger partial charge in [-0.25, -0.2) is 4.79 Å². The molecule has 0 aliphatic heterocycles. The molecule has 0 aliphatic carbocycles. The van der Waals surface area contributed by atoms with Crippen molar-refractivity contribution in [2.24, 2.45) is 11.8 Å². The number of benzene rings is 1. The van der Waals surface area contributed by atoms with E-state index in [1.807, 2.05) is 31.2 Å². The number of ether oxygens (including phenoxy) is 2. The van der Waals surface area contributed by atoms with Gasteiger partial charge in [-0.1, -0.05) is 45.0 Å². The van der Waals surface area contributed by atoms with Gasteiger partial charge in [0.05, 0.1) is 6.61 Å². The highest BCUT2D eigenvalue weighted by molar-refractivity contribution is 6.02. The third-order valence-corrected chi connectivity index (χ3v) is 4.80. The number of carbonyl (C=O) groups is 3. The van der Waals surface area contributed by atoms with Crippen LogP contribution in [0.25, 0.3) is 0 Å². The number of ketones is 1. The van der Waals surface area contributed by atoms with Gasteiger partial charge in [0.15, 0.2) is 5.78 Å². The number of esters is 1. The van der Waals surface area contributed by atoms with Crippen molar-refractivity contribution >= 4 is 17.8 Å². The van der Waals surface area contributed by atoms with Crippen LogP contribution >= 0.6 is 0 Å². The third-order valence-electron chi connectivity index (χ3n) is 4.80. The van der Waals surface area contributed by atoms with E-state index in [-0.39, 0.29) is 12.4 Å². The fraction of sp³-hybridized carbons (Fsp3) is 0.640. The normalized spacial score (nSPS) is 13.4. The highest BCUT2D eigenvalue weighted by Gasteiger charge is 2.31. The highest BCUT2D eigenvalue weighted by Crippen LogP contribution is 2.24. The number of carbonyl (C=O) groups excluding carboxylic acids is 3. The lowest BCUT2D eigenvalue weighted by molar-refractivity contribution is -0.152. The summed E-state index contributed by atoms with van der Waals surface area (Å²) in [7, 11) is 0. The van der Waals surface area contributed by atoms with Crippen LogP contribution in [-0.4, -0.2) is 36.6 Å². The second-order valence-corrected chi connectivity index (χ2v) is 9.34. The number of hydrogen-bond donors (Lipinski definition) is 1. The average Bonchev–Trinajstić information content (AvgIpc) is 2.66. The molecule has 0 spiro atoms. The molecule has 0 fully saturated rings. The minimum Gasteiger partial charge on any atom is -0.465 e. The molecule has 1 aromatic rings. The molecule has 6 nitrogen and oxygen atoms in total. The van der Waals surface area contributed by atoms with E-state index < -0.39 is 29.5 Å². The van der Waals surface area contributed by atoms with Gasteiger partial charge in [-0.15, -0.1) is 0 Å². The monoisotopic (exact) mass is 433 g/mol. The van der Waals surface area contributed by atoms with Crippen molar-refractivity contribution in [1.29, 1.82) is 0 Å². The predicted molar refractivity (Wildman–Crippen MR) is 122 cm³/mol. The van der Waals surface area contributed by atoms with Gasteiger partial charge in [-0.3, -0.25) is 9.59 Å². The van der Waals surface area contributed by atoms with Gasteiger partial charge < -0.3 is 14.8 Å². The Morgan fingerprint density at radius 3 is 2.16 bits per heavy atom. The van der Waals surface area contributed by atoms with Gasteiger partial charge in [-0.2, -0.15) is 0 Å².